The van der Waals surface area contributed by atoms with Crippen LogP contribution in [-0.4, -0.2) is 61.8 Å². The number of hydrogen-bond donors (Lipinski definition) is 1. The Labute approximate surface area is 171 Å². The zero-order chi connectivity index (χ0) is 21.2. The van der Waals surface area contributed by atoms with E-state index >= 15 is 0 Å². The molecule has 0 aromatic heterocycles. The van der Waals surface area contributed by atoms with E-state index in [-0.39, 0.29) is 31.1 Å². The summed E-state index contributed by atoms with van der Waals surface area (Å²) in [5.74, 6) is -1.79. The van der Waals surface area contributed by atoms with Crippen molar-refractivity contribution in [1.29, 1.82) is 0 Å². The predicted molar refractivity (Wildman–Crippen MR) is 106 cm³/mol. The number of piperazine rings is 1. The summed E-state index contributed by atoms with van der Waals surface area (Å²) < 4.78 is 54.4. The van der Waals surface area contributed by atoms with Crippen LogP contribution in [0.3, 0.4) is 0 Å². The van der Waals surface area contributed by atoms with E-state index in [4.69, 9.17) is 0 Å². The largest absolute Gasteiger partial charge is 0.352 e. The van der Waals surface area contributed by atoms with E-state index in [1.807, 2.05) is 11.8 Å². The highest BCUT2D eigenvalue weighted by atomic mass is 32.2. The van der Waals surface area contributed by atoms with Gasteiger partial charge in [0.2, 0.25) is 15.9 Å². The fourth-order valence-electron chi connectivity index (χ4n) is 4.19. The van der Waals surface area contributed by atoms with Gasteiger partial charge in [-0.1, -0.05) is 25.8 Å². The van der Waals surface area contributed by atoms with Gasteiger partial charge >= 0.3 is 0 Å². The molecule has 29 heavy (non-hydrogen) atoms. The van der Waals surface area contributed by atoms with Gasteiger partial charge in [0.15, 0.2) is 4.90 Å². The van der Waals surface area contributed by atoms with Gasteiger partial charge in [-0.05, 0) is 37.8 Å². The first-order chi connectivity index (χ1) is 13.7. The summed E-state index contributed by atoms with van der Waals surface area (Å²) in [5.41, 5.74) is 0. The Kier molecular flexibility index (Phi) is 6.90. The molecule has 0 radical (unpaired) electrons. The van der Waals surface area contributed by atoms with Gasteiger partial charge in [0, 0.05) is 32.2 Å². The van der Waals surface area contributed by atoms with Crippen molar-refractivity contribution in [3.63, 3.8) is 0 Å². The van der Waals surface area contributed by atoms with E-state index in [9.17, 15) is 22.0 Å². The molecule has 2 fully saturated rings. The second-order valence-electron chi connectivity index (χ2n) is 8.04. The molecule has 3 rings (SSSR count). The average molecular weight is 430 g/mol. The van der Waals surface area contributed by atoms with Crippen LogP contribution in [0.1, 0.15) is 39.5 Å². The Balaban J connectivity index is 1.60. The van der Waals surface area contributed by atoms with E-state index < -0.39 is 26.6 Å². The number of rotatable bonds is 5. The van der Waals surface area contributed by atoms with Gasteiger partial charge in [-0.25, -0.2) is 17.2 Å². The third-order valence-corrected chi connectivity index (χ3v) is 8.11. The number of hydrogen-bond acceptors (Lipinski definition) is 4. The molecule has 1 aliphatic heterocycles. The fourth-order valence-corrected chi connectivity index (χ4v) is 5.72. The Morgan fingerprint density at radius 3 is 2.28 bits per heavy atom. The van der Waals surface area contributed by atoms with Crippen LogP contribution in [0.5, 0.6) is 0 Å². The van der Waals surface area contributed by atoms with Crippen LogP contribution in [-0.2, 0) is 14.8 Å². The van der Waals surface area contributed by atoms with Gasteiger partial charge in [-0.3, -0.25) is 9.69 Å². The lowest BCUT2D eigenvalue weighted by molar-refractivity contribution is -0.127. The molecule has 162 valence electrons. The Morgan fingerprint density at radius 1 is 1.10 bits per heavy atom. The molecular weight excluding hydrogens is 400 g/mol. The van der Waals surface area contributed by atoms with Crippen molar-refractivity contribution in [3.05, 3.63) is 29.8 Å². The zero-order valence-electron chi connectivity index (χ0n) is 16.9. The molecule has 3 atom stereocenters. The number of amides is 1. The first-order valence-corrected chi connectivity index (χ1v) is 11.6. The molecule has 0 bridgehead atoms. The summed E-state index contributed by atoms with van der Waals surface area (Å²) in [4.78, 5) is 13.7. The average Bonchev–Trinajstić information content (AvgIpc) is 2.69. The molecule has 0 spiro atoms. The van der Waals surface area contributed by atoms with E-state index in [0.29, 0.717) is 19.0 Å². The second-order valence-corrected chi connectivity index (χ2v) is 9.92. The molecule has 1 aromatic carbocycles. The third-order valence-electron chi connectivity index (χ3n) is 6.16. The molecule has 9 heteroatoms. The first kappa shape index (κ1) is 22.1. The van der Waals surface area contributed by atoms with Crippen LogP contribution >= 0.6 is 0 Å². The zero-order valence-corrected chi connectivity index (χ0v) is 17.7. The molecule has 1 amide bonds. The molecule has 3 unspecified atom stereocenters. The van der Waals surface area contributed by atoms with Crippen LogP contribution < -0.4 is 5.32 Å². The van der Waals surface area contributed by atoms with Gasteiger partial charge in [0.05, 0.1) is 6.04 Å². The number of carbonyl (C=O) groups is 1. The van der Waals surface area contributed by atoms with Crippen molar-refractivity contribution < 1.29 is 22.0 Å². The minimum atomic E-state index is -4.27. The molecule has 1 saturated carbocycles. The molecule has 6 nitrogen and oxygen atoms in total. The van der Waals surface area contributed by atoms with E-state index in [1.165, 1.54) is 6.42 Å². The first-order valence-electron chi connectivity index (χ1n) is 10.2. The summed E-state index contributed by atoms with van der Waals surface area (Å²) in [6.45, 7) is 4.76. The van der Waals surface area contributed by atoms with Crippen LogP contribution in [0.4, 0.5) is 8.78 Å². The number of sulfonamides is 1. The summed E-state index contributed by atoms with van der Waals surface area (Å²) in [5, 5.41) is 3.14. The van der Waals surface area contributed by atoms with Crippen molar-refractivity contribution in [2.24, 2.45) is 5.92 Å². The monoisotopic (exact) mass is 429 g/mol. The number of halogens is 2. The maximum Gasteiger partial charge on any atom is 0.249 e. The maximum atomic E-state index is 14.0. The van der Waals surface area contributed by atoms with E-state index in [0.717, 1.165) is 41.8 Å². The smallest absolute Gasteiger partial charge is 0.249 e. The maximum absolute atomic E-state index is 14.0. The van der Waals surface area contributed by atoms with Gasteiger partial charge in [0.25, 0.3) is 0 Å². The highest BCUT2D eigenvalue weighted by molar-refractivity contribution is 7.89. The van der Waals surface area contributed by atoms with Crippen molar-refractivity contribution in [2.75, 3.05) is 26.2 Å². The molecule has 1 aliphatic carbocycles. The minimum absolute atomic E-state index is 0.0554. The minimum Gasteiger partial charge on any atom is -0.352 e. The molecule has 1 N–H and O–H groups in total. The van der Waals surface area contributed by atoms with Gasteiger partial charge in [-0.15, -0.1) is 0 Å². The number of carbonyl (C=O) groups excluding carboxylic acids is 1. The summed E-state index contributed by atoms with van der Waals surface area (Å²) >= 11 is 0. The second kappa shape index (κ2) is 9.06. The number of nitrogens with zero attached hydrogens (tertiary/aromatic N) is 2. The Hall–Kier alpha value is -1.58. The summed E-state index contributed by atoms with van der Waals surface area (Å²) in [6.07, 6.45) is 4.41. The van der Waals surface area contributed by atoms with Crippen LogP contribution in [0.15, 0.2) is 23.1 Å². The fraction of sp³-hybridized carbons (Fsp3) is 0.650. The normalized spacial score (nSPS) is 25.5. The van der Waals surface area contributed by atoms with Crippen LogP contribution in [0.25, 0.3) is 0 Å². The lowest BCUT2D eigenvalue weighted by Crippen LogP contribution is -2.56. The Morgan fingerprint density at radius 2 is 1.69 bits per heavy atom. The van der Waals surface area contributed by atoms with Crippen molar-refractivity contribution in [1.82, 2.24) is 14.5 Å². The molecule has 2 aliphatic rings. The number of nitrogens with one attached hydrogen (secondary N) is 1. The van der Waals surface area contributed by atoms with Crippen LogP contribution in [0, 0.1) is 17.6 Å². The molecular formula is C20H29F2N3O3S. The van der Waals surface area contributed by atoms with E-state index in [2.05, 4.69) is 12.2 Å². The lowest BCUT2D eigenvalue weighted by atomic mass is 9.86. The standard InChI is InChI=1S/C20H29F2N3O3S/c1-14-6-3-4-9-18(14)23-20(26)15(2)24-10-12-25(13-11-24)29(27,28)19-16(21)7-5-8-17(19)22/h5,7-8,14-15,18H,3-4,6,9-13H2,1-2H3,(H,23,26). The lowest BCUT2D eigenvalue weighted by Gasteiger charge is -2.38. The van der Waals surface area contributed by atoms with Gasteiger partial charge in [0.1, 0.15) is 11.6 Å². The Bertz CT molecular complexity index is 821. The van der Waals surface area contributed by atoms with Gasteiger partial charge < -0.3 is 5.32 Å². The summed E-state index contributed by atoms with van der Waals surface area (Å²) in [7, 11) is -4.27. The highest BCUT2D eigenvalue weighted by Crippen LogP contribution is 2.25. The van der Waals surface area contributed by atoms with Crippen molar-refractivity contribution >= 4 is 15.9 Å². The topological polar surface area (TPSA) is 69.7 Å². The van der Waals surface area contributed by atoms with Crippen molar-refractivity contribution in [3.8, 4) is 0 Å². The third kappa shape index (κ3) is 4.78. The van der Waals surface area contributed by atoms with Crippen molar-refractivity contribution in [2.45, 2.75) is 56.5 Å². The quantitative estimate of drug-likeness (QED) is 0.780. The summed E-state index contributed by atoms with van der Waals surface area (Å²) in [6, 6.07) is 2.80. The molecule has 1 heterocycles. The SMILES string of the molecule is CC1CCCCC1NC(=O)C(C)N1CCN(S(=O)(=O)c2c(F)cccc2F)CC1. The predicted octanol–water partition coefficient (Wildman–Crippen LogP) is 2.35. The van der Waals surface area contributed by atoms with Gasteiger partial charge in [-0.2, -0.15) is 4.31 Å². The molecule has 1 saturated heterocycles. The molecule has 1 aromatic rings. The van der Waals surface area contributed by atoms with E-state index in [1.54, 1.807) is 0 Å². The van der Waals surface area contributed by atoms with Crippen LogP contribution in [0.2, 0.25) is 0 Å². The number of benzene rings is 1. The highest BCUT2D eigenvalue weighted by Gasteiger charge is 2.35.